The first-order valence-corrected chi connectivity index (χ1v) is 7.53. The smallest absolute Gasteiger partial charge is 0.347 e. The van der Waals surface area contributed by atoms with Crippen LogP contribution in [0.2, 0.25) is 0 Å². The van der Waals surface area contributed by atoms with Crippen LogP contribution in [0.15, 0.2) is 46.8 Å². The summed E-state index contributed by atoms with van der Waals surface area (Å²) < 4.78 is 21.2. The molecule has 124 valence electrons. The Balaban J connectivity index is 1.77. The summed E-state index contributed by atoms with van der Waals surface area (Å²) in [6, 6.07) is 8.25. The highest BCUT2D eigenvalue weighted by molar-refractivity contribution is 6.14. The zero-order valence-corrected chi connectivity index (χ0v) is 13.3. The van der Waals surface area contributed by atoms with Crippen LogP contribution in [0, 0.1) is 0 Å². The lowest BCUT2D eigenvalue weighted by Gasteiger charge is -2.13. The first-order chi connectivity index (χ1) is 11.6. The monoisotopic (exact) mass is 328 g/mol. The van der Waals surface area contributed by atoms with Crippen LogP contribution in [0.1, 0.15) is 30.0 Å². The topological polar surface area (TPSA) is 75.0 Å². The van der Waals surface area contributed by atoms with Crippen LogP contribution in [-0.4, -0.2) is 24.5 Å². The minimum Gasteiger partial charge on any atom is -0.479 e. The first kappa shape index (κ1) is 15.9. The van der Waals surface area contributed by atoms with Gasteiger partial charge in [-0.05, 0) is 38.1 Å². The van der Waals surface area contributed by atoms with Gasteiger partial charge in [-0.25, -0.2) is 4.79 Å². The zero-order chi connectivity index (χ0) is 17.1. The second-order valence-electron chi connectivity index (χ2n) is 5.13. The highest BCUT2D eigenvalue weighted by atomic mass is 16.6. The zero-order valence-electron chi connectivity index (χ0n) is 13.3. The molecule has 0 radical (unpaired) electrons. The number of esters is 1. The van der Waals surface area contributed by atoms with E-state index in [1.165, 1.54) is 12.3 Å². The van der Waals surface area contributed by atoms with Gasteiger partial charge in [-0.15, -0.1) is 0 Å². The molecule has 0 N–H and O–H groups in total. The van der Waals surface area contributed by atoms with E-state index in [4.69, 9.17) is 18.6 Å². The normalized spacial score (nSPS) is 15.8. The third-order valence-corrected chi connectivity index (χ3v) is 3.39. The highest BCUT2D eigenvalue weighted by Gasteiger charge is 2.28. The predicted molar refractivity (Wildman–Crippen MR) is 84.8 cm³/mol. The standard InChI is InChI=1S/C18H16O6/c1-3-21-18(20)11(2)23-13-6-7-14-15(10-13)24-16(17(14)19)9-12-5-4-8-22-12/h4-11H,3H2,1-2H3/b16-9-/t11-/m1/s1. The Morgan fingerprint density at radius 1 is 1.33 bits per heavy atom. The second-order valence-corrected chi connectivity index (χ2v) is 5.13. The van der Waals surface area contributed by atoms with E-state index in [0.29, 0.717) is 22.8 Å². The summed E-state index contributed by atoms with van der Waals surface area (Å²) in [5.41, 5.74) is 0.434. The van der Waals surface area contributed by atoms with Crippen LogP contribution in [0.25, 0.3) is 6.08 Å². The van der Waals surface area contributed by atoms with Crippen LogP contribution < -0.4 is 9.47 Å². The summed E-state index contributed by atoms with van der Waals surface area (Å²) in [4.78, 5) is 23.9. The Morgan fingerprint density at radius 2 is 2.17 bits per heavy atom. The van der Waals surface area contributed by atoms with Gasteiger partial charge in [-0.3, -0.25) is 4.79 Å². The predicted octanol–water partition coefficient (Wildman–Crippen LogP) is 3.23. The van der Waals surface area contributed by atoms with Gasteiger partial charge in [0.2, 0.25) is 5.78 Å². The first-order valence-electron chi connectivity index (χ1n) is 7.53. The molecule has 2 aromatic rings. The van der Waals surface area contributed by atoms with Crippen LogP contribution in [0.3, 0.4) is 0 Å². The molecular formula is C18H16O6. The molecule has 24 heavy (non-hydrogen) atoms. The third kappa shape index (κ3) is 3.17. The lowest BCUT2D eigenvalue weighted by atomic mass is 10.1. The number of ketones is 1. The van der Waals surface area contributed by atoms with E-state index in [0.717, 1.165) is 0 Å². The molecule has 1 aliphatic rings. The number of furan rings is 1. The fraction of sp³-hybridized carbons (Fsp3) is 0.222. The average molecular weight is 328 g/mol. The fourth-order valence-electron chi connectivity index (χ4n) is 2.25. The second kappa shape index (κ2) is 6.62. The van der Waals surface area contributed by atoms with Crippen molar-refractivity contribution in [3.8, 4) is 11.5 Å². The fourth-order valence-corrected chi connectivity index (χ4v) is 2.25. The van der Waals surface area contributed by atoms with Gasteiger partial charge in [0.05, 0.1) is 18.4 Å². The van der Waals surface area contributed by atoms with Gasteiger partial charge in [-0.2, -0.15) is 0 Å². The number of allylic oxidation sites excluding steroid dienone is 1. The molecule has 1 atom stereocenters. The van der Waals surface area contributed by atoms with Crippen molar-refractivity contribution in [2.75, 3.05) is 6.61 Å². The molecule has 2 heterocycles. The Hall–Kier alpha value is -3.02. The van der Waals surface area contributed by atoms with Crippen molar-refractivity contribution in [2.24, 2.45) is 0 Å². The molecule has 1 aromatic heterocycles. The van der Waals surface area contributed by atoms with Crippen molar-refractivity contribution in [3.63, 3.8) is 0 Å². The molecule has 1 aliphatic heterocycles. The quantitative estimate of drug-likeness (QED) is 0.619. The SMILES string of the molecule is CCOC(=O)[C@@H](C)Oc1ccc2c(c1)O/C(=C\c1ccco1)C2=O. The number of hydrogen-bond donors (Lipinski definition) is 0. The molecule has 0 saturated carbocycles. The molecule has 1 aromatic carbocycles. The molecule has 6 heteroatoms. The van der Waals surface area contributed by atoms with E-state index in [9.17, 15) is 9.59 Å². The summed E-state index contributed by atoms with van der Waals surface area (Å²) in [7, 11) is 0. The number of carbonyl (C=O) groups excluding carboxylic acids is 2. The van der Waals surface area contributed by atoms with Crippen molar-refractivity contribution in [1.82, 2.24) is 0 Å². The molecule has 0 amide bonds. The molecule has 6 nitrogen and oxygen atoms in total. The largest absolute Gasteiger partial charge is 0.479 e. The van der Waals surface area contributed by atoms with E-state index >= 15 is 0 Å². The molecule has 0 bridgehead atoms. The van der Waals surface area contributed by atoms with Crippen molar-refractivity contribution in [1.29, 1.82) is 0 Å². The van der Waals surface area contributed by atoms with Gasteiger partial charge in [0, 0.05) is 12.1 Å². The lowest BCUT2D eigenvalue weighted by molar-refractivity contribution is -0.150. The van der Waals surface area contributed by atoms with Crippen LogP contribution in [-0.2, 0) is 9.53 Å². The van der Waals surface area contributed by atoms with Crippen molar-refractivity contribution < 1.29 is 28.2 Å². The van der Waals surface area contributed by atoms with E-state index < -0.39 is 12.1 Å². The van der Waals surface area contributed by atoms with Crippen LogP contribution >= 0.6 is 0 Å². The maximum atomic E-state index is 12.3. The summed E-state index contributed by atoms with van der Waals surface area (Å²) >= 11 is 0. The molecule has 0 saturated heterocycles. The number of benzene rings is 1. The Kier molecular flexibility index (Phi) is 4.37. The lowest BCUT2D eigenvalue weighted by Crippen LogP contribution is -2.26. The van der Waals surface area contributed by atoms with E-state index in [1.807, 2.05) is 0 Å². The number of carbonyl (C=O) groups is 2. The Labute approximate surface area is 138 Å². The van der Waals surface area contributed by atoms with Gasteiger partial charge in [0.15, 0.2) is 11.9 Å². The molecule has 3 rings (SSSR count). The summed E-state index contributed by atoms with van der Waals surface area (Å²) in [5, 5.41) is 0. The summed E-state index contributed by atoms with van der Waals surface area (Å²) in [6.07, 6.45) is 2.30. The van der Waals surface area contributed by atoms with Crippen molar-refractivity contribution in [3.05, 3.63) is 53.7 Å². The number of Topliss-reactive ketones (excluding diaryl/α,β-unsaturated/α-hetero) is 1. The van der Waals surface area contributed by atoms with Crippen molar-refractivity contribution >= 4 is 17.8 Å². The Bertz CT molecular complexity index is 788. The molecule has 0 spiro atoms. The van der Waals surface area contributed by atoms with Crippen LogP contribution in [0.4, 0.5) is 0 Å². The molecule has 0 unspecified atom stereocenters. The van der Waals surface area contributed by atoms with E-state index in [1.54, 1.807) is 44.2 Å². The maximum absolute atomic E-state index is 12.3. The molecule has 0 aliphatic carbocycles. The third-order valence-electron chi connectivity index (χ3n) is 3.39. The Morgan fingerprint density at radius 3 is 2.88 bits per heavy atom. The number of ether oxygens (including phenoxy) is 3. The number of rotatable bonds is 5. The highest BCUT2D eigenvalue weighted by Crippen LogP contribution is 2.35. The number of fused-ring (bicyclic) bond motifs is 1. The van der Waals surface area contributed by atoms with E-state index in [2.05, 4.69) is 0 Å². The summed E-state index contributed by atoms with van der Waals surface area (Å²) in [6.45, 7) is 3.61. The minimum absolute atomic E-state index is 0.176. The summed E-state index contributed by atoms with van der Waals surface area (Å²) in [5.74, 6) is 0.821. The van der Waals surface area contributed by atoms with Gasteiger partial charge in [-0.1, -0.05) is 0 Å². The average Bonchev–Trinajstić information content (AvgIpc) is 3.17. The van der Waals surface area contributed by atoms with Crippen LogP contribution in [0.5, 0.6) is 11.5 Å². The molecular weight excluding hydrogens is 312 g/mol. The van der Waals surface area contributed by atoms with Gasteiger partial charge >= 0.3 is 5.97 Å². The minimum atomic E-state index is -0.752. The maximum Gasteiger partial charge on any atom is 0.347 e. The van der Waals surface area contributed by atoms with E-state index in [-0.39, 0.29) is 18.1 Å². The van der Waals surface area contributed by atoms with Gasteiger partial charge in [0.25, 0.3) is 0 Å². The number of hydrogen-bond acceptors (Lipinski definition) is 6. The van der Waals surface area contributed by atoms with Gasteiger partial charge < -0.3 is 18.6 Å². The van der Waals surface area contributed by atoms with Crippen molar-refractivity contribution in [2.45, 2.75) is 20.0 Å². The molecule has 0 fully saturated rings. The van der Waals surface area contributed by atoms with Gasteiger partial charge in [0.1, 0.15) is 17.3 Å².